The van der Waals surface area contributed by atoms with Gasteiger partial charge in [0.05, 0.1) is 18.1 Å². The van der Waals surface area contributed by atoms with Crippen LogP contribution in [0, 0.1) is 11.9 Å². The lowest BCUT2D eigenvalue weighted by Crippen LogP contribution is -2.44. The standard InChI is InChI=1S/C18H22F4N6O2S.H2S/c1-26-10-13(15(25-26)16(20)21)30-31-27(2)17(22)11-5-7-28(8-6-11)18(29)24-12-3-4-14(19)23-9-12;/h3-4,9-11,16-17H,5-8H2,1-2H3,(H,24,29);1H2/t17-;/m0./s1. The molecule has 1 aliphatic rings. The number of anilines is 1. The van der Waals surface area contributed by atoms with E-state index in [0.29, 0.717) is 43.8 Å². The second-order valence-corrected chi connectivity index (χ2v) is 7.95. The first kappa shape index (κ1) is 26.1. The predicted octanol–water partition coefficient (Wildman–Crippen LogP) is 4.12. The first-order valence-electron chi connectivity index (χ1n) is 9.45. The summed E-state index contributed by atoms with van der Waals surface area (Å²) in [5.74, 6) is -1.13. The molecule has 3 rings (SSSR count). The Balaban J connectivity index is 0.00000363. The third-order valence-corrected chi connectivity index (χ3v) is 5.51. The minimum atomic E-state index is -2.80. The lowest BCUT2D eigenvalue weighted by Gasteiger charge is -2.35. The Labute approximate surface area is 194 Å². The molecule has 0 saturated carbocycles. The van der Waals surface area contributed by atoms with Crippen molar-refractivity contribution in [1.29, 1.82) is 0 Å². The zero-order valence-electron chi connectivity index (χ0n) is 17.3. The molecular weight excluding hydrogens is 472 g/mol. The van der Waals surface area contributed by atoms with Gasteiger partial charge in [-0.1, -0.05) is 0 Å². The van der Waals surface area contributed by atoms with E-state index in [4.69, 9.17) is 4.18 Å². The maximum absolute atomic E-state index is 14.9. The van der Waals surface area contributed by atoms with Crippen molar-refractivity contribution < 1.29 is 26.5 Å². The summed E-state index contributed by atoms with van der Waals surface area (Å²) in [4.78, 5) is 17.3. The number of carbonyl (C=O) groups excluding carboxylic acids is 1. The Morgan fingerprint density at radius 2 is 2.00 bits per heavy atom. The molecule has 1 fully saturated rings. The predicted molar refractivity (Wildman–Crippen MR) is 117 cm³/mol. The van der Waals surface area contributed by atoms with Crippen LogP contribution in [0.25, 0.3) is 0 Å². The zero-order valence-corrected chi connectivity index (χ0v) is 19.2. The van der Waals surface area contributed by atoms with Gasteiger partial charge in [-0.2, -0.15) is 27.3 Å². The van der Waals surface area contributed by atoms with Crippen LogP contribution in [-0.4, -0.2) is 56.4 Å². The Kier molecular flexibility index (Phi) is 9.46. The average molecular weight is 497 g/mol. The van der Waals surface area contributed by atoms with Gasteiger partial charge in [-0.25, -0.2) is 22.9 Å². The third-order valence-electron chi connectivity index (χ3n) is 4.82. The summed E-state index contributed by atoms with van der Waals surface area (Å²) in [6.07, 6.45) is -0.867. The summed E-state index contributed by atoms with van der Waals surface area (Å²) in [6.45, 7) is 0.673. The molecule has 8 nitrogen and oxygen atoms in total. The van der Waals surface area contributed by atoms with Crippen molar-refractivity contribution in [3.8, 4) is 5.75 Å². The van der Waals surface area contributed by atoms with Crippen molar-refractivity contribution in [2.24, 2.45) is 13.0 Å². The molecule has 2 aromatic rings. The van der Waals surface area contributed by atoms with E-state index in [1.807, 2.05) is 0 Å². The van der Waals surface area contributed by atoms with E-state index >= 15 is 0 Å². The van der Waals surface area contributed by atoms with Crippen molar-refractivity contribution in [2.75, 3.05) is 25.5 Å². The van der Waals surface area contributed by atoms with Crippen molar-refractivity contribution >= 4 is 37.4 Å². The molecule has 0 spiro atoms. The van der Waals surface area contributed by atoms with Crippen molar-refractivity contribution in [1.82, 2.24) is 24.0 Å². The smallest absolute Gasteiger partial charge is 0.321 e. The molecule has 1 N–H and O–H groups in total. The Bertz CT molecular complexity index is 881. The molecule has 14 heteroatoms. The number of carbonyl (C=O) groups is 1. The molecule has 3 heterocycles. The van der Waals surface area contributed by atoms with E-state index in [1.165, 1.54) is 41.5 Å². The first-order valence-corrected chi connectivity index (χ1v) is 10.1. The summed E-state index contributed by atoms with van der Waals surface area (Å²) in [6, 6.07) is 2.17. The SMILES string of the molecule is CN(SOc1cn(C)nc1C(F)F)[C@H](F)C1CCN(C(=O)Nc2ccc(F)nc2)CC1.S. The number of pyridine rings is 1. The number of rotatable bonds is 7. The molecule has 32 heavy (non-hydrogen) atoms. The fourth-order valence-electron chi connectivity index (χ4n) is 3.17. The third kappa shape index (κ3) is 6.65. The number of urea groups is 1. The molecule has 1 aliphatic heterocycles. The van der Waals surface area contributed by atoms with Gasteiger partial charge in [0.1, 0.15) is 12.2 Å². The van der Waals surface area contributed by atoms with Crippen LogP contribution in [-0.2, 0) is 7.05 Å². The fraction of sp³-hybridized carbons (Fsp3) is 0.500. The Hall–Kier alpha value is -2.19. The van der Waals surface area contributed by atoms with Crippen LogP contribution in [0.2, 0.25) is 0 Å². The first-order chi connectivity index (χ1) is 14.7. The Morgan fingerprint density at radius 1 is 1.31 bits per heavy atom. The van der Waals surface area contributed by atoms with Crippen LogP contribution >= 0.6 is 25.7 Å². The number of amides is 2. The molecule has 0 radical (unpaired) electrons. The molecule has 0 bridgehead atoms. The van der Waals surface area contributed by atoms with E-state index in [2.05, 4.69) is 15.4 Å². The minimum Gasteiger partial charge on any atom is -0.405 e. The second-order valence-electron chi connectivity index (χ2n) is 7.05. The highest BCUT2D eigenvalue weighted by Gasteiger charge is 2.32. The molecule has 2 amide bonds. The number of hydrogen-bond acceptors (Lipinski definition) is 6. The molecular formula is C18H24F4N6O2S2. The number of likely N-dealkylation sites (tertiary alicyclic amines) is 1. The number of nitrogens with one attached hydrogen (secondary N) is 1. The zero-order chi connectivity index (χ0) is 22.5. The van der Waals surface area contributed by atoms with Gasteiger partial charge >= 0.3 is 6.03 Å². The van der Waals surface area contributed by atoms with Crippen molar-refractivity contribution in [2.45, 2.75) is 25.6 Å². The monoisotopic (exact) mass is 496 g/mol. The molecule has 2 aromatic heterocycles. The van der Waals surface area contributed by atoms with Crippen LogP contribution < -0.4 is 9.50 Å². The van der Waals surface area contributed by atoms with E-state index in [9.17, 15) is 22.4 Å². The van der Waals surface area contributed by atoms with Crippen molar-refractivity contribution in [3.05, 3.63) is 36.2 Å². The van der Waals surface area contributed by atoms with Crippen LogP contribution in [0.5, 0.6) is 5.75 Å². The number of halogens is 4. The van der Waals surface area contributed by atoms with Crippen molar-refractivity contribution in [3.63, 3.8) is 0 Å². The van der Waals surface area contributed by atoms with Gasteiger partial charge in [0.25, 0.3) is 6.43 Å². The lowest BCUT2D eigenvalue weighted by molar-refractivity contribution is 0.0759. The van der Waals surface area contributed by atoms with Gasteiger partial charge in [-0.15, -0.1) is 0 Å². The van der Waals surface area contributed by atoms with E-state index in [1.54, 1.807) is 4.90 Å². The highest BCUT2D eigenvalue weighted by Crippen LogP contribution is 2.33. The maximum atomic E-state index is 14.9. The summed E-state index contributed by atoms with van der Waals surface area (Å²) in [5, 5.41) is 6.25. The van der Waals surface area contributed by atoms with E-state index < -0.39 is 24.4 Å². The van der Waals surface area contributed by atoms with Gasteiger partial charge in [-0.05, 0) is 25.0 Å². The quantitative estimate of drug-likeness (QED) is 0.204. The van der Waals surface area contributed by atoms with Gasteiger partial charge in [0, 0.05) is 33.1 Å². The van der Waals surface area contributed by atoms with Gasteiger partial charge in [-0.3, -0.25) is 4.68 Å². The number of alkyl halides is 3. The highest BCUT2D eigenvalue weighted by atomic mass is 32.2. The van der Waals surface area contributed by atoms with Gasteiger partial charge < -0.3 is 14.4 Å². The highest BCUT2D eigenvalue weighted by molar-refractivity contribution is 7.92. The summed E-state index contributed by atoms with van der Waals surface area (Å²) in [5.41, 5.74) is -0.141. The van der Waals surface area contributed by atoms with E-state index in [0.717, 1.165) is 6.07 Å². The van der Waals surface area contributed by atoms with Gasteiger partial charge in [0.2, 0.25) is 5.95 Å². The molecule has 1 saturated heterocycles. The van der Waals surface area contributed by atoms with Crippen LogP contribution in [0.15, 0.2) is 24.5 Å². The summed E-state index contributed by atoms with van der Waals surface area (Å²) >= 11 is 0.627. The Morgan fingerprint density at radius 3 is 2.59 bits per heavy atom. The van der Waals surface area contributed by atoms with Crippen LogP contribution in [0.4, 0.5) is 28.0 Å². The number of aromatic nitrogens is 3. The number of hydrogen-bond donors (Lipinski definition) is 1. The second kappa shape index (κ2) is 11.6. The summed E-state index contributed by atoms with van der Waals surface area (Å²) < 4.78 is 61.3. The van der Waals surface area contributed by atoms with Crippen LogP contribution in [0.3, 0.4) is 0 Å². The normalized spacial score (nSPS) is 15.6. The minimum absolute atomic E-state index is 0. The summed E-state index contributed by atoms with van der Waals surface area (Å²) in [7, 11) is 2.95. The van der Waals surface area contributed by atoms with Crippen LogP contribution in [0.1, 0.15) is 25.0 Å². The lowest BCUT2D eigenvalue weighted by atomic mass is 9.96. The molecule has 0 unspecified atom stereocenters. The number of aryl methyl sites for hydroxylation is 1. The van der Waals surface area contributed by atoms with E-state index in [-0.39, 0.29) is 31.2 Å². The largest absolute Gasteiger partial charge is 0.405 e. The fourth-order valence-corrected chi connectivity index (χ4v) is 3.75. The number of nitrogens with zero attached hydrogens (tertiary/aromatic N) is 5. The topological polar surface area (TPSA) is 75.5 Å². The van der Waals surface area contributed by atoms with Gasteiger partial charge in [0.15, 0.2) is 17.7 Å². The molecule has 0 aromatic carbocycles. The molecule has 1 atom stereocenters. The molecule has 178 valence electrons. The molecule has 0 aliphatic carbocycles. The average Bonchev–Trinajstić information content (AvgIpc) is 3.14. The maximum Gasteiger partial charge on any atom is 0.321 e. The number of piperidine rings is 1.